The summed E-state index contributed by atoms with van der Waals surface area (Å²) in [5.41, 5.74) is 1.43. The second-order valence-corrected chi connectivity index (χ2v) is 9.69. The van der Waals surface area contributed by atoms with Crippen LogP contribution in [0.4, 0.5) is 0 Å². The van der Waals surface area contributed by atoms with Gasteiger partial charge in [0.1, 0.15) is 19.0 Å². The second-order valence-electron chi connectivity index (χ2n) is 7.75. The van der Waals surface area contributed by atoms with Crippen LogP contribution in [-0.2, 0) is 24.3 Å². The molecule has 1 saturated heterocycles. The lowest BCUT2D eigenvalue weighted by molar-refractivity contribution is -0.150. The topological polar surface area (TPSA) is 99.2 Å². The van der Waals surface area contributed by atoms with E-state index in [1.165, 1.54) is 28.6 Å². The molecule has 8 nitrogen and oxygen atoms in total. The van der Waals surface area contributed by atoms with Crippen LogP contribution in [0.15, 0.2) is 53.4 Å². The van der Waals surface area contributed by atoms with Gasteiger partial charge in [-0.05, 0) is 63.1 Å². The molecule has 33 heavy (non-hydrogen) atoms. The first-order valence-electron chi connectivity index (χ1n) is 10.9. The molecular formula is C24H29NO7S. The van der Waals surface area contributed by atoms with Gasteiger partial charge in [0.25, 0.3) is 0 Å². The number of nitrogens with zero attached hydrogens (tertiary/aromatic N) is 1. The molecule has 178 valence electrons. The third-order valence-corrected chi connectivity index (χ3v) is 7.32. The summed E-state index contributed by atoms with van der Waals surface area (Å²) in [4.78, 5) is 24.2. The molecule has 0 atom stereocenters. The fourth-order valence-corrected chi connectivity index (χ4v) is 4.98. The minimum atomic E-state index is -3.71. The zero-order valence-electron chi connectivity index (χ0n) is 18.9. The first kappa shape index (κ1) is 24.7. The van der Waals surface area contributed by atoms with Gasteiger partial charge in [-0.15, -0.1) is 0 Å². The maximum absolute atomic E-state index is 12.9. The van der Waals surface area contributed by atoms with E-state index in [-0.39, 0.29) is 49.7 Å². The number of rotatable bonds is 9. The molecule has 1 heterocycles. The molecule has 1 aliphatic rings. The quantitative estimate of drug-likeness (QED) is 0.406. The summed E-state index contributed by atoms with van der Waals surface area (Å²) in [5.74, 6) is -0.462. The van der Waals surface area contributed by atoms with Crippen LogP contribution < -0.4 is 4.74 Å². The van der Waals surface area contributed by atoms with Crippen LogP contribution in [0.3, 0.4) is 0 Å². The zero-order valence-corrected chi connectivity index (χ0v) is 19.7. The molecule has 0 unspecified atom stereocenters. The standard InChI is InChI=1S/C24H29NO7S/c1-3-30-23(26)19-6-10-22(11-7-19)33(28,29)25-14-12-20(13-15-25)24(27)32-17-16-31-21-8-4-18(2)5-9-21/h4-11,20H,3,12-17H2,1-2H3. The van der Waals surface area contributed by atoms with Gasteiger partial charge in [-0.3, -0.25) is 4.79 Å². The summed E-state index contributed by atoms with van der Waals surface area (Å²) < 4.78 is 43.0. The molecule has 0 aliphatic carbocycles. The molecule has 0 N–H and O–H groups in total. The number of benzene rings is 2. The van der Waals surface area contributed by atoms with E-state index in [1.54, 1.807) is 6.92 Å². The summed E-state index contributed by atoms with van der Waals surface area (Å²) >= 11 is 0. The minimum Gasteiger partial charge on any atom is -0.490 e. The van der Waals surface area contributed by atoms with Gasteiger partial charge >= 0.3 is 11.9 Å². The van der Waals surface area contributed by atoms with E-state index in [0.29, 0.717) is 24.2 Å². The lowest BCUT2D eigenvalue weighted by Crippen LogP contribution is -2.40. The maximum atomic E-state index is 12.9. The van der Waals surface area contributed by atoms with Crippen LogP contribution >= 0.6 is 0 Å². The van der Waals surface area contributed by atoms with Gasteiger partial charge in [0, 0.05) is 13.1 Å². The van der Waals surface area contributed by atoms with Crippen molar-refractivity contribution in [1.29, 1.82) is 0 Å². The van der Waals surface area contributed by atoms with Gasteiger partial charge in [0.2, 0.25) is 10.0 Å². The second kappa shape index (κ2) is 11.3. The van der Waals surface area contributed by atoms with E-state index < -0.39 is 16.0 Å². The van der Waals surface area contributed by atoms with Gasteiger partial charge in [-0.2, -0.15) is 4.31 Å². The average Bonchev–Trinajstić information content (AvgIpc) is 2.83. The third-order valence-electron chi connectivity index (χ3n) is 5.41. The van der Waals surface area contributed by atoms with Crippen LogP contribution in [0.2, 0.25) is 0 Å². The highest BCUT2D eigenvalue weighted by atomic mass is 32.2. The summed E-state index contributed by atoms with van der Waals surface area (Å²) in [6.45, 7) is 4.78. The molecule has 0 saturated carbocycles. The Labute approximate surface area is 194 Å². The summed E-state index contributed by atoms with van der Waals surface area (Å²) in [7, 11) is -3.71. The smallest absolute Gasteiger partial charge is 0.338 e. The lowest BCUT2D eigenvalue weighted by atomic mass is 9.98. The molecule has 0 amide bonds. The first-order chi connectivity index (χ1) is 15.8. The number of ether oxygens (including phenoxy) is 3. The first-order valence-corrected chi connectivity index (χ1v) is 12.4. The predicted octanol–water partition coefficient (Wildman–Crippen LogP) is 3.19. The normalized spacial score (nSPS) is 15.1. The fraction of sp³-hybridized carbons (Fsp3) is 0.417. The third kappa shape index (κ3) is 6.55. The highest BCUT2D eigenvalue weighted by Crippen LogP contribution is 2.25. The molecule has 1 aliphatic heterocycles. The van der Waals surface area contributed by atoms with E-state index in [4.69, 9.17) is 14.2 Å². The molecule has 0 aromatic heterocycles. The molecule has 0 bridgehead atoms. The van der Waals surface area contributed by atoms with Crippen molar-refractivity contribution in [1.82, 2.24) is 4.31 Å². The largest absolute Gasteiger partial charge is 0.490 e. The van der Waals surface area contributed by atoms with Gasteiger partial charge in [0.05, 0.1) is 23.0 Å². The van der Waals surface area contributed by atoms with Crippen molar-refractivity contribution in [2.24, 2.45) is 5.92 Å². The molecule has 0 radical (unpaired) electrons. The van der Waals surface area contributed by atoms with Crippen molar-refractivity contribution < 1.29 is 32.2 Å². The molecule has 0 spiro atoms. The number of esters is 2. The van der Waals surface area contributed by atoms with E-state index in [2.05, 4.69) is 0 Å². The monoisotopic (exact) mass is 475 g/mol. The summed E-state index contributed by atoms with van der Waals surface area (Å²) in [6.07, 6.45) is 0.773. The van der Waals surface area contributed by atoms with Gasteiger partial charge in [0.15, 0.2) is 0 Å². The van der Waals surface area contributed by atoms with Gasteiger partial charge < -0.3 is 14.2 Å². The van der Waals surface area contributed by atoms with E-state index in [9.17, 15) is 18.0 Å². The Balaban J connectivity index is 1.45. The van der Waals surface area contributed by atoms with E-state index >= 15 is 0 Å². The summed E-state index contributed by atoms with van der Waals surface area (Å²) in [6, 6.07) is 13.3. The number of carbonyl (C=O) groups excluding carboxylic acids is 2. The molecule has 9 heteroatoms. The number of carbonyl (C=O) groups is 2. The number of aryl methyl sites for hydroxylation is 1. The Morgan fingerprint density at radius 3 is 2.18 bits per heavy atom. The van der Waals surface area contributed by atoms with Crippen molar-refractivity contribution in [3.8, 4) is 5.75 Å². The zero-order chi connectivity index (χ0) is 23.8. The van der Waals surface area contributed by atoms with Crippen molar-refractivity contribution in [3.05, 3.63) is 59.7 Å². The molecule has 1 fully saturated rings. The number of hydrogen-bond donors (Lipinski definition) is 0. The van der Waals surface area contributed by atoms with Crippen molar-refractivity contribution in [2.75, 3.05) is 32.9 Å². The average molecular weight is 476 g/mol. The van der Waals surface area contributed by atoms with Crippen molar-refractivity contribution in [3.63, 3.8) is 0 Å². The van der Waals surface area contributed by atoms with E-state index in [0.717, 1.165) is 5.56 Å². The van der Waals surface area contributed by atoms with Crippen molar-refractivity contribution >= 4 is 22.0 Å². The molecule has 2 aromatic rings. The van der Waals surface area contributed by atoms with E-state index in [1.807, 2.05) is 31.2 Å². The van der Waals surface area contributed by atoms with Crippen LogP contribution in [0.25, 0.3) is 0 Å². The Kier molecular flexibility index (Phi) is 8.46. The highest BCUT2D eigenvalue weighted by molar-refractivity contribution is 7.89. The summed E-state index contributed by atoms with van der Waals surface area (Å²) in [5, 5.41) is 0. The Morgan fingerprint density at radius 1 is 0.939 bits per heavy atom. The van der Waals surface area contributed by atoms with Gasteiger partial charge in [-0.1, -0.05) is 17.7 Å². The number of piperidine rings is 1. The molecule has 2 aromatic carbocycles. The SMILES string of the molecule is CCOC(=O)c1ccc(S(=O)(=O)N2CCC(C(=O)OCCOc3ccc(C)cc3)CC2)cc1. The maximum Gasteiger partial charge on any atom is 0.338 e. The van der Waals surface area contributed by atoms with Crippen LogP contribution in [0.1, 0.15) is 35.7 Å². The predicted molar refractivity (Wildman–Crippen MR) is 122 cm³/mol. The fourth-order valence-electron chi connectivity index (χ4n) is 3.51. The number of sulfonamides is 1. The Hall–Kier alpha value is -2.91. The van der Waals surface area contributed by atoms with Crippen LogP contribution in [0, 0.1) is 12.8 Å². The highest BCUT2D eigenvalue weighted by Gasteiger charge is 2.32. The lowest BCUT2D eigenvalue weighted by Gasteiger charge is -2.30. The molecule has 3 rings (SSSR count). The molecular weight excluding hydrogens is 446 g/mol. The van der Waals surface area contributed by atoms with Crippen LogP contribution in [-0.4, -0.2) is 57.6 Å². The minimum absolute atomic E-state index is 0.102. The Bertz CT molecular complexity index is 1040. The van der Waals surface area contributed by atoms with Gasteiger partial charge in [-0.25, -0.2) is 13.2 Å². The number of hydrogen-bond acceptors (Lipinski definition) is 7. The Morgan fingerprint density at radius 2 is 1.58 bits per heavy atom. The van der Waals surface area contributed by atoms with Crippen molar-refractivity contribution in [2.45, 2.75) is 31.6 Å². The van der Waals surface area contributed by atoms with Crippen LogP contribution in [0.5, 0.6) is 5.75 Å².